The van der Waals surface area contributed by atoms with E-state index in [0.29, 0.717) is 18.6 Å². The van der Waals surface area contributed by atoms with Crippen LogP contribution in [0.2, 0.25) is 0 Å². The maximum atomic E-state index is 12.9. The van der Waals surface area contributed by atoms with E-state index < -0.39 is 57.3 Å². The third-order valence-electron chi connectivity index (χ3n) is 4.98. The third kappa shape index (κ3) is 5.60. The molecule has 3 rings (SSSR count). The second-order valence-electron chi connectivity index (χ2n) is 7.22. The first-order chi connectivity index (χ1) is 14.8. The summed E-state index contributed by atoms with van der Waals surface area (Å²) in [6.45, 7) is -0.0954. The average Bonchev–Trinajstić information content (AvgIpc) is 2.71. The number of nitrogens with zero attached hydrogens (tertiary/aromatic N) is 1. The summed E-state index contributed by atoms with van der Waals surface area (Å²) in [5, 5.41) is 2.09. The SMILES string of the molecule is O=C(NCCS(=O)(=O)N1CCc2ccccc2C1)c1cc(C(F)(F)F)cc(C(F)(F)F)c1. The molecule has 12 heteroatoms. The molecule has 0 aromatic heterocycles. The molecule has 1 aliphatic rings. The van der Waals surface area contributed by atoms with Crippen LogP contribution in [0.15, 0.2) is 42.5 Å². The molecule has 0 bridgehead atoms. The molecule has 174 valence electrons. The predicted molar refractivity (Wildman–Crippen MR) is 103 cm³/mol. The second kappa shape index (κ2) is 8.74. The highest BCUT2D eigenvalue weighted by molar-refractivity contribution is 7.89. The van der Waals surface area contributed by atoms with E-state index in [2.05, 4.69) is 5.32 Å². The zero-order valence-electron chi connectivity index (χ0n) is 16.4. The number of rotatable bonds is 5. The van der Waals surface area contributed by atoms with Gasteiger partial charge in [0.05, 0.1) is 16.9 Å². The summed E-state index contributed by atoms with van der Waals surface area (Å²) in [7, 11) is -3.81. The monoisotopic (exact) mass is 480 g/mol. The van der Waals surface area contributed by atoms with Gasteiger partial charge in [-0.05, 0) is 35.7 Å². The van der Waals surface area contributed by atoms with Crippen molar-refractivity contribution in [3.8, 4) is 0 Å². The molecule has 0 unspecified atom stereocenters. The van der Waals surface area contributed by atoms with E-state index in [1.165, 1.54) is 4.31 Å². The van der Waals surface area contributed by atoms with E-state index in [-0.39, 0.29) is 19.2 Å². The Morgan fingerprint density at radius 2 is 1.50 bits per heavy atom. The van der Waals surface area contributed by atoms with Crippen LogP contribution in [0.3, 0.4) is 0 Å². The van der Waals surface area contributed by atoms with Crippen LogP contribution in [0.4, 0.5) is 26.3 Å². The molecular formula is C20H18F6N2O3S. The summed E-state index contributed by atoms with van der Waals surface area (Å²) >= 11 is 0. The molecule has 32 heavy (non-hydrogen) atoms. The fourth-order valence-electron chi connectivity index (χ4n) is 3.32. The fourth-order valence-corrected chi connectivity index (χ4v) is 4.64. The van der Waals surface area contributed by atoms with Crippen molar-refractivity contribution in [2.24, 2.45) is 0 Å². The second-order valence-corrected chi connectivity index (χ2v) is 9.31. The van der Waals surface area contributed by atoms with Gasteiger partial charge < -0.3 is 5.32 Å². The molecule has 0 spiro atoms. The Hall–Kier alpha value is -2.60. The molecule has 2 aromatic rings. The lowest BCUT2D eigenvalue weighted by molar-refractivity contribution is -0.143. The van der Waals surface area contributed by atoms with Crippen LogP contribution in [-0.2, 0) is 35.3 Å². The van der Waals surface area contributed by atoms with E-state index in [0.717, 1.165) is 11.1 Å². The number of halogens is 6. The first kappa shape index (κ1) is 24.1. The van der Waals surface area contributed by atoms with Gasteiger partial charge >= 0.3 is 12.4 Å². The molecular weight excluding hydrogens is 462 g/mol. The quantitative estimate of drug-likeness (QED) is 0.662. The minimum atomic E-state index is -5.09. The summed E-state index contributed by atoms with van der Waals surface area (Å²) in [6.07, 6.45) is -9.68. The predicted octanol–water partition coefficient (Wildman–Crippen LogP) is 3.84. The van der Waals surface area contributed by atoms with Gasteiger partial charge in [0.1, 0.15) is 0 Å². The molecule has 5 nitrogen and oxygen atoms in total. The van der Waals surface area contributed by atoms with E-state index in [1.54, 1.807) is 12.1 Å². The lowest BCUT2D eigenvalue weighted by atomic mass is 10.0. The van der Waals surface area contributed by atoms with Gasteiger partial charge in [-0.2, -0.15) is 30.6 Å². The summed E-state index contributed by atoms with van der Waals surface area (Å²) in [5.41, 5.74) is -2.25. The number of amides is 1. The Bertz CT molecular complexity index is 1080. The lowest BCUT2D eigenvalue weighted by Crippen LogP contribution is -2.40. The Morgan fingerprint density at radius 3 is 2.06 bits per heavy atom. The van der Waals surface area contributed by atoms with Crippen LogP contribution in [0.1, 0.15) is 32.6 Å². The van der Waals surface area contributed by atoms with Gasteiger partial charge in [0.25, 0.3) is 5.91 Å². The number of benzene rings is 2. The number of alkyl halides is 6. The van der Waals surface area contributed by atoms with E-state index in [4.69, 9.17) is 0 Å². The highest BCUT2D eigenvalue weighted by Crippen LogP contribution is 2.36. The van der Waals surface area contributed by atoms with Crippen LogP contribution in [0.5, 0.6) is 0 Å². The normalized spacial score (nSPS) is 15.3. The smallest absolute Gasteiger partial charge is 0.351 e. The summed E-state index contributed by atoms with van der Waals surface area (Å²) in [6, 6.07) is 7.81. The number of hydrogen-bond acceptors (Lipinski definition) is 3. The first-order valence-corrected chi connectivity index (χ1v) is 11.0. The molecule has 0 aliphatic carbocycles. The van der Waals surface area contributed by atoms with Crippen molar-refractivity contribution in [1.29, 1.82) is 0 Å². The number of nitrogens with one attached hydrogen (secondary N) is 1. The summed E-state index contributed by atoms with van der Waals surface area (Å²) in [5.74, 6) is -1.78. The lowest BCUT2D eigenvalue weighted by Gasteiger charge is -2.28. The van der Waals surface area contributed by atoms with Gasteiger partial charge in [-0.3, -0.25) is 4.79 Å². The molecule has 0 radical (unpaired) electrons. The fraction of sp³-hybridized carbons (Fsp3) is 0.350. The standard InChI is InChI=1S/C20H18F6N2O3S/c21-19(22,23)16-9-15(10-17(11-16)20(24,25)26)18(29)27-6-8-32(30,31)28-7-5-13-3-1-2-4-14(13)12-28/h1-4,9-11H,5-8,12H2,(H,27,29). The molecule has 0 atom stereocenters. The van der Waals surface area contributed by atoms with Crippen LogP contribution in [-0.4, -0.2) is 37.5 Å². The number of carbonyl (C=O) groups excluding carboxylic acids is 1. The number of sulfonamides is 1. The number of fused-ring (bicyclic) bond motifs is 1. The molecule has 1 N–H and O–H groups in total. The Morgan fingerprint density at radius 1 is 0.938 bits per heavy atom. The first-order valence-electron chi connectivity index (χ1n) is 9.40. The van der Waals surface area contributed by atoms with E-state index in [9.17, 15) is 39.6 Å². The molecule has 0 saturated heterocycles. The van der Waals surface area contributed by atoms with Crippen molar-refractivity contribution in [2.75, 3.05) is 18.8 Å². The van der Waals surface area contributed by atoms with E-state index in [1.807, 2.05) is 12.1 Å². The van der Waals surface area contributed by atoms with Gasteiger partial charge in [0.15, 0.2) is 0 Å². The molecule has 1 amide bonds. The minimum Gasteiger partial charge on any atom is -0.351 e. The highest BCUT2D eigenvalue weighted by Gasteiger charge is 2.37. The minimum absolute atomic E-state index is 0.0879. The Balaban J connectivity index is 1.68. The number of carbonyl (C=O) groups is 1. The molecule has 1 heterocycles. The maximum absolute atomic E-state index is 12.9. The van der Waals surface area contributed by atoms with Crippen molar-refractivity contribution in [1.82, 2.24) is 9.62 Å². The van der Waals surface area contributed by atoms with E-state index >= 15 is 0 Å². The Kier molecular flexibility index (Phi) is 6.57. The number of hydrogen-bond donors (Lipinski definition) is 1. The van der Waals surface area contributed by atoms with Crippen LogP contribution < -0.4 is 5.32 Å². The van der Waals surface area contributed by atoms with Gasteiger partial charge in [0.2, 0.25) is 10.0 Å². The Labute approximate surface area is 180 Å². The maximum Gasteiger partial charge on any atom is 0.416 e. The highest BCUT2D eigenvalue weighted by atomic mass is 32.2. The molecule has 2 aromatic carbocycles. The van der Waals surface area contributed by atoms with Crippen LogP contribution >= 0.6 is 0 Å². The third-order valence-corrected chi connectivity index (χ3v) is 6.80. The van der Waals surface area contributed by atoms with Crippen molar-refractivity contribution in [3.05, 3.63) is 70.3 Å². The summed E-state index contributed by atoms with van der Waals surface area (Å²) < 4.78 is 104. The van der Waals surface area contributed by atoms with Crippen LogP contribution in [0.25, 0.3) is 0 Å². The van der Waals surface area contributed by atoms with Crippen molar-refractivity contribution in [2.45, 2.75) is 25.3 Å². The van der Waals surface area contributed by atoms with Gasteiger partial charge in [-0.15, -0.1) is 0 Å². The van der Waals surface area contributed by atoms with Crippen molar-refractivity contribution >= 4 is 15.9 Å². The molecule has 1 aliphatic heterocycles. The van der Waals surface area contributed by atoms with Gasteiger partial charge in [-0.25, -0.2) is 8.42 Å². The largest absolute Gasteiger partial charge is 0.416 e. The van der Waals surface area contributed by atoms with Crippen LogP contribution in [0, 0.1) is 0 Å². The van der Waals surface area contributed by atoms with Crippen molar-refractivity contribution < 1.29 is 39.6 Å². The zero-order valence-corrected chi connectivity index (χ0v) is 17.2. The van der Waals surface area contributed by atoms with Gasteiger partial charge in [0, 0.05) is 25.2 Å². The molecule has 0 fully saturated rings. The zero-order chi connectivity index (χ0) is 23.7. The summed E-state index contributed by atoms with van der Waals surface area (Å²) in [4.78, 5) is 12.2. The average molecular weight is 480 g/mol. The van der Waals surface area contributed by atoms with Gasteiger partial charge in [-0.1, -0.05) is 24.3 Å². The van der Waals surface area contributed by atoms with Crippen molar-refractivity contribution in [3.63, 3.8) is 0 Å². The molecule has 0 saturated carbocycles. The topological polar surface area (TPSA) is 66.5 Å².